The minimum atomic E-state index is -0.320. The lowest BCUT2D eigenvalue weighted by Crippen LogP contribution is -2.55. The zero-order chi connectivity index (χ0) is 26.6. The maximum absolute atomic E-state index is 16.3. The summed E-state index contributed by atoms with van der Waals surface area (Å²) in [6, 6.07) is -0.0557. The van der Waals surface area contributed by atoms with Gasteiger partial charge < -0.3 is 19.7 Å². The van der Waals surface area contributed by atoms with Crippen molar-refractivity contribution in [3.63, 3.8) is 0 Å². The molecule has 1 atom stereocenters. The number of aromatic amines is 1. The summed E-state index contributed by atoms with van der Waals surface area (Å²) in [7, 11) is 3.77. The molecule has 5 rings (SSSR count). The number of halogens is 1. The number of pyridine rings is 2. The van der Waals surface area contributed by atoms with Gasteiger partial charge in [-0.15, -0.1) is 0 Å². The Morgan fingerprint density at radius 2 is 1.97 bits per heavy atom. The quantitative estimate of drug-likeness (QED) is 0.444. The summed E-state index contributed by atoms with van der Waals surface area (Å²) < 4.78 is 18.1. The summed E-state index contributed by atoms with van der Waals surface area (Å²) in [5.74, 6) is 0.178. The van der Waals surface area contributed by atoms with Crippen molar-refractivity contribution in [3.05, 3.63) is 41.2 Å². The molecule has 1 aliphatic heterocycles. The third kappa shape index (κ3) is 4.22. The van der Waals surface area contributed by atoms with E-state index in [-0.39, 0.29) is 23.7 Å². The van der Waals surface area contributed by atoms with Gasteiger partial charge in [-0.2, -0.15) is 5.10 Å². The summed E-state index contributed by atoms with van der Waals surface area (Å²) in [4.78, 5) is 30.7. The van der Waals surface area contributed by atoms with Crippen LogP contribution in [0.5, 0.6) is 0 Å². The number of fused-ring (bicyclic) bond motifs is 2. The highest BCUT2D eigenvalue weighted by molar-refractivity contribution is 5.94. The molecule has 196 valence electrons. The molecule has 1 amide bonds. The van der Waals surface area contributed by atoms with E-state index < -0.39 is 0 Å². The predicted octanol–water partition coefficient (Wildman–Crippen LogP) is 3.75. The van der Waals surface area contributed by atoms with Gasteiger partial charge in [-0.1, -0.05) is 13.8 Å². The lowest BCUT2D eigenvalue weighted by atomic mass is 9.94. The Morgan fingerprint density at radius 1 is 1.22 bits per heavy atom. The van der Waals surface area contributed by atoms with Crippen molar-refractivity contribution in [3.8, 4) is 11.3 Å². The first-order chi connectivity index (χ1) is 17.6. The highest BCUT2D eigenvalue weighted by Gasteiger charge is 2.31. The fraction of sp³-hybridized carbons (Fsp3) is 0.481. The Bertz CT molecular complexity index is 1490. The zero-order valence-electron chi connectivity index (χ0n) is 22.6. The third-order valence-corrected chi connectivity index (χ3v) is 7.48. The number of amides is 1. The van der Waals surface area contributed by atoms with Gasteiger partial charge in [-0.05, 0) is 57.5 Å². The van der Waals surface area contributed by atoms with E-state index in [9.17, 15) is 4.79 Å². The number of anilines is 1. The number of rotatable bonds is 5. The molecule has 1 N–H and O–H groups in total. The summed E-state index contributed by atoms with van der Waals surface area (Å²) in [6.07, 6.45) is 5.24. The van der Waals surface area contributed by atoms with Gasteiger partial charge in [-0.3, -0.25) is 4.79 Å². The number of hydrogen-bond acceptors (Lipinski definition) is 6. The Balaban J connectivity index is 1.57. The molecule has 9 nitrogen and oxygen atoms in total. The minimum absolute atomic E-state index is 0.0557. The molecule has 0 saturated carbocycles. The average molecular weight is 507 g/mol. The van der Waals surface area contributed by atoms with Gasteiger partial charge in [0.15, 0.2) is 17.3 Å². The molecular weight excluding hydrogens is 471 g/mol. The van der Waals surface area contributed by atoms with Gasteiger partial charge in [0.05, 0.1) is 24.0 Å². The fourth-order valence-corrected chi connectivity index (χ4v) is 5.48. The van der Waals surface area contributed by atoms with Crippen LogP contribution in [0.2, 0.25) is 0 Å². The standard InChI is InChI=1S/C27H35FN8O/c1-15(2)22-23-20(32-25(22)19-12-36-26(30-14-31-36)18(5)17(19)4)10-29-27(24(23)28)35-9-8-34(11-16(35)3)21(37)13-33(6)7/h10,12,14-16,32H,8-9,11,13H2,1-7H3/t16-/m1/s1. The van der Waals surface area contributed by atoms with Crippen molar-refractivity contribution in [2.24, 2.45) is 0 Å². The number of carbonyl (C=O) groups excluding carboxylic acids is 1. The molecule has 0 aliphatic carbocycles. The molecule has 0 bridgehead atoms. The van der Waals surface area contributed by atoms with Crippen LogP contribution >= 0.6 is 0 Å². The summed E-state index contributed by atoms with van der Waals surface area (Å²) in [6.45, 7) is 12.3. The smallest absolute Gasteiger partial charge is 0.236 e. The molecule has 0 radical (unpaired) electrons. The lowest BCUT2D eigenvalue weighted by molar-refractivity contribution is -0.132. The number of piperazine rings is 1. The molecular formula is C27H35FN8O. The second-order valence-electron chi connectivity index (χ2n) is 10.7. The zero-order valence-corrected chi connectivity index (χ0v) is 22.6. The number of nitrogens with zero attached hydrogens (tertiary/aromatic N) is 7. The van der Waals surface area contributed by atoms with Crippen LogP contribution in [-0.4, -0.2) is 86.6 Å². The van der Waals surface area contributed by atoms with Gasteiger partial charge in [0, 0.05) is 42.8 Å². The fourth-order valence-electron chi connectivity index (χ4n) is 5.48. The number of aryl methyl sites for hydroxylation is 1. The van der Waals surface area contributed by atoms with Crippen molar-refractivity contribution in [1.29, 1.82) is 0 Å². The Kier molecular flexibility index (Phi) is 6.39. The average Bonchev–Trinajstić information content (AvgIpc) is 3.46. The first-order valence-electron chi connectivity index (χ1n) is 12.8. The van der Waals surface area contributed by atoms with Crippen LogP contribution in [0, 0.1) is 19.7 Å². The minimum Gasteiger partial charge on any atom is -0.353 e. The van der Waals surface area contributed by atoms with Crippen molar-refractivity contribution in [1.82, 2.24) is 34.4 Å². The molecule has 1 aliphatic rings. The number of carbonyl (C=O) groups is 1. The van der Waals surface area contributed by atoms with Gasteiger partial charge >= 0.3 is 0 Å². The molecule has 0 unspecified atom stereocenters. The molecule has 4 aromatic rings. The molecule has 5 heterocycles. The van der Waals surface area contributed by atoms with Crippen LogP contribution in [0.15, 0.2) is 18.7 Å². The van der Waals surface area contributed by atoms with Crippen molar-refractivity contribution < 1.29 is 9.18 Å². The summed E-state index contributed by atoms with van der Waals surface area (Å²) >= 11 is 0. The first-order valence-corrected chi connectivity index (χ1v) is 12.8. The van der Waals surface area contributed by atoms with Crippen LogP contribution in [0.4, 0.5) is 10.2 Å². The van der Waals surface area contributed by atoms with Crippen molar-refractivity contribution in [2.45, 2.75) is 46.6 Å². The predicted molar refractivity (Wildman–Crippen MR) is 144 cm³/mol. The van der Waals surface area contributed by atoms with E-state index in [0.29, 0.717) is 42.9 Å². The Hall–Kier alpha value is -3.53. The Labute approximate surface area is 216 Å². The maximum Gasteiger partial charge on any atom is 0.236 e. The molecule has 1 saturated heterocycles. The molecule has 4 aromatic heterocycles. The van der Waals surface area contributed by atoms with Gasteiger partial charge in [0.1, 0.15) is 6.33 Å². The van der Waals surface area contributed by atoms with Gasteiger partial charge in [0.25, 0.3) is 0 Å². The van der Waals surface area contributed by atoms with E-state index in [2.05, 4.69) is 40.8 Å². The second kappa shape index (κ2) is 9.41. The van der Waals surface area contributed by atoms with Crippen LogP contribution in [-0.2, 0) is 4.79 Å². The monoisotopic (exact) mass is 506 g/mol. The second-order valence-corrected chi connectivity index (χ2v) is 10.7. The van der Waals surface area contributed by atoms with Crippen LogP contribution in [0.1, 0.15) is 43.4 Å². The van der Waals surface area contributed by atoms with Crippen LogP contribution in [0.25, 0.3) is 27.8 Å². The molecule has 10 heteroatoms. The molecule has 0 spiro atoms. The van der Waals surface area contributed by atoms with E-state index in [4.69, 9.17) is 0 Å². The van der Waals surface area contributed by atoms with Crippen molar-refractivity contribution in [2.75, 3.05) is 45.2 Å². The highest BCUT2D eigenvalue weighted by atomic mass is 19.1. The summed E-state index contributed by atoms with van der Waals surface area (Å²) in [5, 5.41) is 4.91. The largest absolute Gasteiger partial charge is 0.353 e. The van der Waals surface area contributed by atoms with Gasteiger partial charge in [0.2, 0.25) is 5.91 Å². The van der Waals surface area contributed by atoms with Gasteiger partial charge in [-0.25, -0.2) is 18.9 Å². The van der Waals surface area contributed by atoms with E-state index in [1.165, 1.54) is 0 Å². The number of likely N-dealkylation sites (N-methyl/N-ethyl adjacent to an activating group) is 1. The lowest BCUT2D eigenvalue weighted by Gasteiger charge is -2.41. The number of hydrogen-bond donors (Lipinski definition) is 1. The highest BCUT2D eigenvalue weighted by Crippen LogP contribution is 2.40. The molecule has 37 heavy (non-hydrogen) atoms. The number of aromatic nitrogens is 5. The number of H-pyrrole nitrogens is 1. The SMILES string of the molecule is Cc1c(-c2[nH]c3cnc(N4CCN(C(=O)CN(C)C)C[C@H]4C)c(F)c3c2C(C)C)cn2ncnc2c1C. The molecule has 1 fully saturated rings. The van der Waals surface area contributed by atoms with E-state index in [1.807, 2.05) is 48.8 Å². The van der Waals surface area contributed by atoms with E-state index in [0.717, 1.165) is 33.6 Å². The number of nitrogens with one attached hydrogen (secondary N) is 1. The topological polar surface area (TPSA) is 85.7 Å². The van der Waals surface area contributed by atoms with Crippen LogP contribution < -0.4 is 4.90 Å². The first kappa shape index (κ1) is 25.1. The normalized spacial score (nSPS) is 16.6. The third-order valence-electron chi connectivity index (χ3n) is 7.48. The summed E-state index contributed by atoms with van der Waals surface area (Å²) in [5.41, 5.74) is 6.38. The molecule has 0 aromatic carbocycles. The van der Waals surface area contributed by atoms with Crippen LogP contribution in [0.3, 0.4) is 0 Å². The maximum atomic E-state index is 16.3. The van der Waals surface area contributed by atoms with E-state index in [1.54, 1.807) is 17.0 Å². The Morgan fingerprint density at radius 3 is 2.65 bits per heavy atom. The van der Waals surface area contributed by atoms with Crippen molar-refractivity contribution >= 4 is 28.3 Å². The van der Waals surface area contributed by atoms with E-state index >= 15 is 4.39 Å².